The minimum Gasteiger partial charge on any atom is -0.495 e. The van der Waals surface area contributed by atoms with Gasteiger partial charge in [0.25, 0.3) is 5.91 Å². The first-order valence-corrected chi connectivity index (χ1v) is 6.28. The predicted octanol–water partition coefficient (Wildman–Crippen LogP) is 1.49. The molecule has 0 atom stereocenters. The Morgan fingerprint density at radius 2 is 2.31 bits per heavy atom. The quantitative estimate of drug-likeness (QED) is 0.712. The third-order valence-corrected chi connectivity index (χ3v) is 3.02. The minimum absolute atomic E-state index is 0.0525. The molecule has 90 valence electrons. The van der Waals surface area contributed by atoms with E-state index in [9.17, 15) is 4.79 Å². The summed E-state index contributed by atoms with van der Waals surface area (Å²) >= 11 is 1.40. The van der Waals surface area contributed by atoms with Gasteiger partial charge in [-0.3, -0.25) is 4.79 Å². The molecule has 0 saturated carbocycles. The zero-order chi connectivity index (χ0) is 11.8. The van der Waals surface area contributed by atoms with Crippen LogP contribution in [0.5, 0.6) is 5.75 Å². The predicted molar refractivity (Wildman–Crippen MR) is 66.4 cm³/mol. The number of carbonyl (C=O) groups is 1. The number of thiophene rings is 1. The molecule has 1 aromatic rings. The van der Waals surface area contributed by atoms with Crippen LogP contribution < -0.4 is 15.4 Å². The number of carbonyl (C=O) groups excluding carboxylic acids is 1. The van der Waals surface area contributed by atoms with Gasteiger partial charge in [0.15, 0.2) is 0 Å². The Balaban J connectivity index is 2.30. The number of hydrogen-bond acceptors (Lipinski definition) is 4. The third-order valence-electron chi connectivity index (χ3n) is 2.12. The van der Waals surface area contributed by atoms with Gasteiger partial charge in [0.05, 0.1) is 7.11 Å². The van der Waals surface area contributed by atoms with Crippen LogP contribution in [0.15, 0.2) is 11.4 Å². The second-order valence-corrected chi connectivity index (χ2v) is 4.20. The summed E-state index contributed by atoms with van der Waals surface area (Å²) in [5.41, 5.74) is 0. The molecule has 2 N–H and O–H groups in total. The molecule has 1 heterocycles. The second kappa shape index (κ2) is 7.24. The minimum atomic E-state index is -0.0525. The van der Waals surface area contributed by atoms with Crippen LogP contribution >= 0.6 is 11.3 Å². The number of amides is 1. The largest absolute Gasteiger partial charge is 0.495 e. The van der Waals surface area contributed by atoms with Crippen molar-refractivity contribution in [3.05, 3.63) is 16.3 Å². The van der Waals surface area contributed by atoms with Crippen LogP contribution in [0.2, 0.25) is 0 Å². The third kappa shape index (κ3) is 3.83. The lowest BCUT2D eigenvalue weighted by molar-refractivity contribution is 0.0954. The van der Waals surface area contributed by atoms with Crippen molar-refractivity contribution in [3.63, 3.8) is 0 Å². The van der Waals surface area contributed by atoms with E-state index >= 15 is 0 Å². The molecule has 0 bridgehead atoms. The molecule has 0 saturated heterocycles. The Morgan fingerprint density at radius 3 is 3.00 bits per heavy atom. The Hall–Kier alpha value is -1.07. The molecule has 1 rings (SSSR count). The van der Waals surface area contributed by atoms with Gasteiger partial charge in [-0.1, -0.05) is 6.92 Å². The smallest absolute Gasteiger partial charge is 0.265 e. The van der Waals surface area contributed by atoms with Gasteiger partial charge in [0.1, 0.15) is 10.6 Å². The highest BCUT2D eigenvalue weighted by molar-refractivity contribution is 7.12. The van der Waals surface area contributed by atoms with Crippen LogP contribution in [0.4, 0.5) is 0 Å². The Bertz CT molecular complexity index is 326. The van der Waals surface area contributed by atoms with Crippen LogP contribution in [0.1, 0.15) is 23.0 Å². The SMILES string of the molecule is CCNCCCNC(=O)c1sccc1OC. The number of ether oxygens (including phenoxy) is 1. The zero-order valence-corrected chi connectivity index (χ0v) is 10.5. The standard InChI is InChI=1S/C11H18N2O2S/c1-3-12-6-4-7-13-11(14)10-9(15-2)5-8-16-10/h5,8,12H,3-4,6-7H2,1-2H3,(H,13,14). The first-order chi connectivity index (χ1) is 7.79. The van der Waals surface area contributed by atoms with E-state index in [1.807, 2.05) is 5.38 Å². The number of hydrogen-bond donors (Lipinski definition) is 2. The lowest BCUT2D eigenvalue weighted by Gasteiger charge is -2.05. The zero-order valence-electron chi connectivity index (χ0n) is 9.71. The molecular formula is C11H18N2O2S. The fraction of sp³-hybridized carbons (Fsp3) is 0.545. The molecule has 0 spiro atoms. The maximum Gasteiger partial charge on any atom is 0.265 e. The maximum absolute atomic E-state index is 11.7. The molecule has 5 heteroatoms. The summed E-state index contributed by atoms with van der Waals surface area (Å²) in [7, 11) is 1.57. The molecule has 4 nitrogen and oxygen atoms in total. The van der Waals surface area contributed by atoms with Crippen LogP contribution in [0, 0.1) is 0 Å². The van der Waals surface area contributed by atoms with Gasteiger partial charge < -0.3 is 15.4 Å². The Labute approximate surface area is 100 Å². The van der Waals surface area contributed by atoms with Crippen LogP contribution in [-0.2, 0) is 0 Å². The molecule has 0 aliphatic rings. The lowest BCUT2D eigenvalue weighted by atomic mass is 10.3. The normalized spacial score (nSPS) is 10.1. The lowest BCUT2D eigenvalue weighted by Crippen LogP contribution is -2.26. The Morgan fingerprint density at radius 1 is 1.50 bits per heavy atom. The number of rotatable bonds is 7. The average molecular weight is 242 g/mol. The van der Waals surface area contributed by atoms with Gasteiger partial charge in [-0.2, -0.15) is 0 Å². The summed E-state index contributed by atoms with van der Waals surface area (Å²) in [6, 6.07) is 1.80. The molecule has 0 unspecified atom stereocenters. The van der Waals surface area contributed by atoms with Crippen LogP contribution in [0.3, 0.4) is 0 Å². The summed E-state index contributed by atoms with van der Waals surface area (Å²) in [5.74, 6) is 0.595. The summed E-state index contributed by atoms with van der Waals surface area (Å²) in [6.07, 6.45) is 0.938. The fourth-order valence-electron chi connectivity index (χ4n) is 1.30. The highest BCUT2D eigenvalue weighted by Gasteiger charge is 2.12. The van der Waals surface area contributed by atoms with E-state index < -0.39 is 0 Å². The van der Waals surface area contributed by atoms with Crippen molar-refractivity contribution in [2.24, 2.45) is 0 Å². The molecule has 0 aliphatic heterocycles. The summed E-state index contributed by atoms with van der Waals surface area (Å²) in [4.78, 5) is 12.4. The van der Waals surface area contributed by atoms with Gasteiger partial charge in [-0.05, 0) is 31.0 Å². The van der Waals surface area contributed by atoms with Gasteiger partial charge >= 0.3 is 0 Å². The van der Waals surface area contributed by atoms with Gasteiger partial charge in [-0.25, -0.2) is 0 Å². The summed E-state index contributed by atoms with van der Waals surface area (Å²) in [5, 5.41) is 7.93. The van der Waals surface area contributed by atoms with Crippen molar-refractivity contribution in [1.82, 2.24) is 10.6 Å². The first-order valence-electron chi connectivity index (χ1n) is 5.40. The van der Waals surface area contributed by atoms with Crippen molar-refractivity contribution in [3.8, 4) is 5.75 Å². The topological polar surface area (TPSA) is 50.4 Å². The van der Waals surface area contributed by atoms with Crippen molar-refractivity contribution < 1.29 is 9.53 Å². The number of methoxy groups -OCH3 is 1. The summed E-state index contributed by atoms with van der Waals surface area (Å²) < 4.78 is 5.09. The van der Waals surface area contributed by atoms with Crippen LogP contribution in [-0.4, -0.2) is 32.7 Å². The molecule has 1 amide bonds. The first kappa shape index (κ1) is 13.0. The number of nitrogens with one attached hydrogen (secondary N) is 2. The highest BCUT2D eigenvalue weighted by Crippen LogP contribution is 2.23. The van der Waals surface area contributed by atoms with Gasteiger partial charge in [0.2, 0.25) is 0 Å². The maximum atomic E-state index is 11.7. The van der Waals surface area contributed by atoms with E-state index in [2.05, 4.69) is 17.6 Å². The van der Waals surface area contributed by atoms with E-state index in [-0.39, 0.29) is 5.91 Å². The molecule has 0 fully saturated rings. The van der Waals surface area contributed by atoms with E-state index in [4.69, 9.17) is 4.74 Å². The second-order valence-electron chi connectivity index (χ2n) is 3.28. The van der Waals surface area contributed by atoms with E-state index in [1.165, 1.54) is 11.3 Å². The summed E-state index contributed by atoms with van der Waals surface area (Å²) in [6.45, 7) is 4.65. The van der Waals surface area contributed by atoms with E-state index in [0.29, 0.717) is 17.2 Å². The highest BCUT2D eigenvalue weighted by atomic mass is 32.1. The fourth-order valence-corrected chi connectivity index (χ4v) is 2.07. The Kier molecular flexibility index (Phi) is 5.88. The van der Waals surface area contributed by atoms with E-state index in [1.54, 1.807) is 13.2 Å². The van der Waals surface area contributed by atoms with Crippen molar-refractivity contribution in [1.29, 1.82) is 0 Å². The average Bonchev–Trinajstić information content (AvgIpc) is 2.76. The molecule has 0 aromatic carbocycles. The molecule has 0 aliphatic carbocycles. The van der Waals surface area contributed by atoms with Gasteiger partial charge in [0, 0.05) is 6.54 Å². The molecular weight excluding hydrogens is 224 g/mol. The van der Waals surface area contributed by atoms with Crippen molar-refractivity contribution in [2.45, 2.75) is 13.3 Å². The molecule has 0 radical (unpaired) electrons. The van der Waals surface area contributed by atoms with Gasteiger partial charge in [-0.15, -0.1) is 11.3 Å². The molecule has 16 heavy (non-hydrogen) atoms. The monoisotopic (exact) mass is 242 g/mol. The van der Waals surface area contributed by atoms with Crippen molar-refractivity contribution in [2.75, 3.05) is 26.7 Å². The van der Waals surface area contributed by atoms with Crippen molar-refractivity contribution >= 4 is 17.2 Å². The molecule has 1 aromatic heterocycles. The van der Waals surface area contributed by atoms with Crippen LogP contribution in [0.25, 0.3) is 0 Å². The van der Waals surface area contributed by atoms with E-state index in [0.717, 1.165) is 19.5 Å².